The highest BCUT2D eigenvalue weighted by Crippen LogP contribution is 2.39. The molecular weight excluding hydrogens is 388 g/mol. The Morgan fingerprint density at radius 3 is 2.64 bits per heavy atom. The minimum absolute atomic E-state index is 0.00907. The first-order chi connectivity index (χ1) is 13.5. The minimum Gasteiger partial charge on any atom is -0.325 e. The summed E-state index contributed by atoms with van der Waals surface area (Å²) >= 11 is 3.21. The number of thiophene rings is 1. The highest BCUT2D eigenvalue weighted by molar-refractivity contribution is 7.99. The summed E-state index contributed by atoms with van der Waals surface area (Å²) in [6, 6.07) is 8.86. The molecule has 146 valence electrons. The molecule has 1 aliphatic rings. The minimum atomic E-state index is -0.00907. The number of nitrogens with one attached hydrogen (secondary N) is 1. The van der Waals surface area contributed by atoms with Crippen LogP contribution in [-0.2, 0) is 11.2 Å². The van der Waals surface area contributed by atoms with Gasteiger partial charge in [0.2, 0.25) is 5.91 Å². The zero-order valence-electron chi connectivity index (χ0n) is 16.4. The number of hydrogen-bond donors (Lipinski definition) is 1. The van der Waals surface area contributed by atoms with Gasteiger partial charge in [0.1, 0.15) is 5.82 Å². The fourth-order valence-corrected chi connectivity index (χ4v) is 5.00. The van der Waals surface area contributed by atoms with Gasteiger partial charge < -0.3 is 9.88 Å². The van der Waals surface area contributed by atoms with Crippen molar-refractivity contribution in [2.45, 2.75) is 51.2 Å². The standard InChI is InChI=1S/C21H24N4OS2/c1-13-9-14(2)20(15(3)10-13)22-19(26)12-28-21-24-23-18(25(21)16-6-7-16)11-17-5-4-8-27-17/h4-5,8-10,16H,6-7,11-12H2,1-3H3,(H,22,26). The normalized spacial score (nSPS) is 13.7. The molecule has 0 bridgehead atoms. The molecule has 1 saturated carbocycles. The molecule has 0 atom stereocenters. The van der Waals surface area contributed by atoms with Crippen LogP contribution in [0.15, 0.2) is 34.8 Å². The van der Waals surface area contributed by atoms with E-state index in [1.807, 2.05) is 13.8 Å². The fraction of sp³-hybridized carbons (Fsp3) is 0.381. The van der Waals surface area contributed by atoms with E-state index in [1.165, 1.54) is 22.2 Å². The van der Waals surface area contributed by atoms with Gasteiger partial charge in [-0.2, -0.15) is 0 Å². The molecule has 0 saturated heterocycles. The van der Waals surface area contributed by atoms with Crippen LogP contribution >= 0.6 is 23.1 Å². The van der Waals surface area contributed by atoms with Crippen LogP contribution in [-0.4, -0.2) is 26.4 Å². The molecule has 1 fully saturated rings. The number of hydrogen-bond acceptors (Lipinski definition) is 5. The van der Waals surface area contributed by atoms with Crippen molar-refractivity contribution in [3.8, 4) is 0 Å². The highest BCUT2D eigenvalue weighted by atomic mass is 32.2. The third kappa shape index (κ3) is 4.31. The second-order valence-corrected chi connectivity index (χ2v) is 9.34. The quantitative estimate of drug-likeness (QED) is 0.560. The van der Waals surface area contributed by atoms with Gasteiger partial charge in [-0.1, -0.05) is 35.5 Å². The van der Waals surface area contributed by atoms with Gasteiger partial charge in [-0.05, 0) is 56.2 Å². The van der Waals surface area contributed by atoms with Gasteiger partial charge in [0.05, 0.1) is 5.75 Å². The van der Waals surface area contributed by atoms with E-state index in [1.54, 1.807) is 11.3 Å². The van der Waals surface area contributed by atoms with Crippen molar-refractivity contribution in [2.75, 3.05) is 11.1 Å². The number of aromatic nitrogens is 3. The summed E-state index contributed by atoms with van der Waals surface area (Å²) in [4.78, 5) is 13.8. The van der Waals surface area contributed by atoms with E-state index in [0.717, 1.165) is 47.1 Å². The molecule has 1 N–H and O–H groups in total. The lowest BCUT2D eigenvalue weighted by Gasteiger charge is -2.13. The average molecular weight is 413 g/mol. The fourth-order valence-electron chi connectivity index (χ4n) is 3.48. The molecule has 5 nitrogen and oxygen atoms in total. The summed E-state index contributed by atoms with van der Waals surface area (Å²) in [5.41, 5.74) is 4.31. The Labute approximate surface area is 173 Å². The maximum Gasteiger partial charge on any atom is 0.234 e. The van der Waals surface area contributed by atoms with Crippen molar-refractivity contribution in [1.29, 1.82) is 0 Å². The van der Waals surface area contributed by atoms with Crippen molar-refractivity contribution in [2.24, 2.45) is 0 Å². The number of thioether (sulfide) groups is 1. The highest BCUT2D eigenvalue weighted by Gasteiger charge is 2.30. The van der Waals surface area contributed by atoms with E-state index < -0.39 is 0 Å². The third-order valence-electron chi connectivity index (χ3n) is 4.83. The van der Waals surface area contributed by atoms with Crippen LogP contribution in [0.5, 0.6) is 0 Å². The van der Waals surface area contributed by atoms with E-state index >= 15 is 0 Å². The maximum atomic E-state index is 12.5. The lowest BCUT2D eigenvalue weighted by Crippen LogP contribution is -2.16. The van der Waals surface area contributed by atoms with Gasteiger partial charge in [0.25, 0.3) is 0 Å². The largest absolute Gasteiger partial charge is 0.325 e. The molecule has 2 aromatic heterocycles. The number of carbonyl (C=O) groups excluding carboxylic acids is 1. The van der Waals surface area contributed by atoms with Crippen molar-refractivity contribution in [3.63, 3.8) is 0 Å². The molecule has 0 unspecified atom stereocenters. The van der Waals surface area contributed by atoms with Crippen LogP contribution in [0.2, 0.25) is 0 Å². The molecule has 1 aliphatic carbocycles. The Hall–Kier alpha value is -2.12. The van der Waals surface area contributed by atoms with E-state index in [-0.39, 0.29) is 5.91 Å². The van der Waals surface area contributed by atoms with Gasteiger partial charge in [0, 0.05) is 23.0 Å². The molecule has 0 spiro atoms. The summed E-state index contributed by atoms with van der Waals surface area (Å²) in [6.45, 7) is 6.13. The van der Waals surface area contributed by atoms with Crippen LogP contribution in [0, 0.1) is 20.8 Å². The molecular formula is C21H24N4OS2. The molecule has 4 rings (SSSR count). The first kappa shape index (κ1) is 19.2. The Kier molecular flexibility index (Phi) is 5.55. The van der Waals surface area contributed by atoms with E-state index in [9.17, 15) is 4.79 Å². The Morgan fingerprint density at radius 2 is 2.00 bits per heavy atom. The number of anilines is 1. The SMILES string of the molecule is Cc1cc(C)c(NC(=O)CSc2nnc(Cc3cccs3)n2C2CC2)c(C)c1. The Balaban J connectivity index is 1.43. The van der Waals surface area contributed by atoms with Gasteiger partial charge in [-0.3, -0.25) is 4.79 Å². The van der Waals surface area contributed by atoms with Gasteiger partial charge in [-0.25, -0.2) is 0 Å². The second-order valence-electron chi connectivity index (χ2n) is 7.37. The van der Waals surface area contributed by atoms with Crippen molar-refractivity contribution >= 4 is 34.7 Å². The third-order valence-corrected chi connectivity index (χ3v) is 6.65. The molecule has 0 aliphatic heterocycles. The van der Waals surface area contributed by atoms with Gasteiger partial charge in [0.15, 0.2) is 5.16 Å². The van der Waals surface area contributed by atoms with Crippen molar-refractivity contribution in [3.05, 3.63) is 57.0 Å². The molecule has 1 amide bonds. The van der Waals surface area contributed by atoms with E-state index in [4.69, 9.17) is 0 Å². The predicted molar refractivity (Wildman–Crippen MR) is 115 cm³/mol. The average Bonchev–Trinajstić information content (AvgIpc) is 3.19. The number of aryl methyl sites for hydroxylation is 3. The van der Waals surface area contributed by atoms with Crippen LogP contribution < -0.4 is 5.32 Å². The van der Waals surface area contributed by atoms with E-state index in [2.05, 4.69) is 56.7 Å². The molecule has 1 aromatic carbocycles. The molecule has 3 aromatic rings. The first-order valence-corrected chi connectivity index (χ1v) is 11.3. The Morgan fingerprint density at radius 1 is 1.25 bits per heavy atom. The van der Waals surface area contributed by atoms with Gasteiger partial charge in [-0.15, -0.1) is 21.5 Å². The predicted octanol–water partition coefficient (Wildman–Crippen LogP) is 4.92. The topological polar surface area (TPSA) is 59.8 Å². The number of nitrogens with zero attached hydrogens (tertiary/aromatic N) is 3. The molecule has 2 heterocycles. The summed E-state index contributed by atoms with van der Waals surface area (Å²) in [5, 5.41) is 14.8. The zero-order valence-corrected chi connectivity index (χ0v) is 18.0. The lowest BCUT2D eigenvalue weighted by molar-refractivity contribution is -0.113. The smallest absolute Gasteiger partial charge is 0.234 e. The summed E-state index contributed by atoms with van der Waals surface area (Å²) in [6.07, 6.45) is 3.13. The van der Waals surface area contributed by atoms with Crippen LogP contribution in [0.1, 0.15) is 46.3 Å². The van der Waals surface area contributed by atoms with Gasteiger partial charge >= 0.3 is 0 Å². The number of carbonyl (C=O) groups is 1. The maximum absolute atomic E-state index is 12.5. The zero-order chi connectivity index (χ0) is 19.7. The van der Waals surface area contributed by atoms with Crippen LogP contribution in [0.3, 0.4) is 0 Å². The number of benzene rings is 1. The monoisotopic (exact) mass is 412 g/mol. The molecule has 28 heavy (non-hydrogen) atoms. The Bertz CT molecular complexity index is 967. The van der Waals surface area contributed by atoms with Crippen molar-refractivity contribution in [1.82, 2.24) is 14.8 Å². The summed E-state index contributed by atoms with van der Waals surface area (Å²) in [7, 11) is 0. The second kappa shape index (κ2) is 8.09. The summed E-state index contributed by atoms with van der Waals surface area (Å²) in [5.74, 6) is 1.32. The lowest BCUT2D eigenvalue weighted by atomic mass is 10.1. The number of rotatable bonds is 7. The molecule has 0 radical (unpaired) electrons. The molecule has 7 heteroatoms. The summed E-state index contributed by atoms with van der Waals surface area (Å²) < 4.78 is 2.24. The van der Waals surface area contributed by atoms with Crippen LogP contribution in [0.25, 0.3) is 0 Å². The van der Waals surface area contributed by atoms with Crippen molar-refractivity contribution < 1.29 is 4.79 Å². The van der Waals surface area contributed by atoms with Crippen LogP contribution in [0.4, 0.5) is 5.69 Å². The first-order valence-electron chi connectivity index (χ1n) is 9.48. The van der Waals surface area contributed by atoms with E-state index in [0.29, 0.717) is 11.8 Å². The number of amides is 1.